The van der Waals surface area contributed by atoms with E-state index in [9.17, 15) is 14.7 Å². The first-order chi connectivity index (χ1) is 15.3. The predicted octanol–water partition coefficient (Wildman–Crippen LogP) is 5.57. The Morgan fingerprint density at radius 3 is 2.72 bits per heavy atom. The zero-order valence-corrected chi connectivity index (χ0v) is 19.7. The molecule has 2 aromatic carbocycles. The number of rotatable bonds is 8. The highest BCUT2D eigenvalue weighted by atomic mass is 79.9. The number of anilines is 1. The molecule has 0 unspecified atom stereocenters. The van der Waals surface area contributed by atoms with Gasteiger partial charge in [0.05, 0.1) is 38.6 Å². The van der Waals surface area contributed by atoms with Gasteiger partial charge in [0.2, 0.25) is 0 Å². The summed E-state index contributed by atoms with van der Waals surface area (Å²) in [5, 5.41) is 14.8. The van der Waals surface area contributed by atoms with Crippen molar-refractivity contribution in [2.45, 2.75) is 13.8 Å². The van der Waals surface area contributed by atoms with E-state index in [2.05, 4.69) is 27.6 Å². The smallest absolute Gasteiger partial charge is 0.337 e. The van der Waals surface area contributed by atoms with E-state index in [1.807, 2.05) is 13.0 Å². The number of hydrogen-bond donors (Lipinski definition) is 1. The van der Waals surface area contributed by atoms with Crippen molar-refractivity contribution in [2.75, 3.05) is 18.2 Å². The molecule has 0 spiro atoms. The molecule has 0 saturated heterocycles. The highest BCUT2D eigenvalue weighted by molar-refractivity contribution is 9.10. The van der Waals surface area contributed by atoms with Gasteiger partial charge in [0, 0.05) is 0 Å². The van der Waals surface area contributed by atoms with Gasteiger partial charge in [-0.3, -0.25) is 4.79 Å². The molecule has 0 bridgehead atoms. The number of hydrazone groups is 1. The largest absolute Gasteiger partial charge is 0.490 e. The highest BCUT2D eigenvalue weighted by Gasteiger charge is 2.29. The summed E-state index contributed by atoms with van der Waals surface area (Å²) < 4.78 is 12.0. The molecule has 1 amide bonds. The van der Waals surface area contributed by atoms with Crippen molar-refractivity contribution >= 4 is 56.9 Å². The van der Waals surface area contributed by atoms with Crippen molar-refractivity contribution in [1.82, 2.24) is 0 Å². The van der Waals surface area contributed by atoms with Gasteiger partial charge in [-0.25, -0.2) is 4.79 Å². The van der Waals surface area contributed by atoms with Crippen molar-refractivity contribution in [3.05, 3.63) is 69.2 Å². The number of nitrogens with zero attached hydrogens (tertiary/aromatic N) is 2. The van der Waals surface area contributed by atoms with Crippen LogP contribution >= 0.6 is 27.5 Å². The topological polar surface area (TPSA) is 88.4 Å². The number of ether oxygens (including phenoxy) is 2. The van der Waals surface area contributed by atoms with Gasteiger partial charge in [0.25, 0.3) is 5.91 Å². The molecule has 0 radical (unpaired) electrons. The average molecular weight is 520 g/mol. The normalized spacial score (nSPS) is 14.5. The fourth-order valence-electron chi connectivity index (χ4n) is 3.05. The lowest BCUT2D eigenvalue weighted by Gasteiger charge is -2.14. The second-order valence-electron chi connectivity index (χ2n) is 6.69. The first-order valence-corrected chi connectivity index (χ1v) is 10.8. The zero-order chi connectivity index (χ0) is 23.4. The molecule has 1 aliphatic heterocycles. The van der Waals surface area contributed by atoms with Crippen LogP contribution in [0.1, 0.15) is 29.8 Å². The minimum Gasteiger partial charge on any atom is -0.490 e. The first kappa shape index (κ1) is 23.6. The Morgan fingerprint density at radius 1 is 1.31 bits per heavy atom. The minimum absolute atomic E-state index is 0.0800. The number of benzene rings is 2. The lowest BCUT2D eigenvalue weighted by Crippen LogP contribution is -2.21. The third-order valence-corrected chi connectivity index (χ3v) is 5.39. The fraction of sp³-hybridized carbons (Fsp3) is 0.174. The van der Waals surface area contributed by atoms with Crippen LogP contribution in [0.5, 0.6) is 11.5 Å². The van der Waals surface area contributed by atoms with Crippen molar-refractivity contribution in [3.8, 4) is 11.5 Å². The van der Waals surface area contributed by atoms with E-state index in [-0.39, 0.29) is 16.5 Å². The lowest BCUT2D eigenvalue weighted by molar-refractivity contribution is -0.114. The molecule has 32 heavy (non-hydrogen) atoms. The molecule has 9 heteroatoms. The molecule has 1 aliphatic rings. The van der Waals surface area contributed by atoms with Crippen molar-refractivity contribution in [1.29, 1.82) is 0 Å². The number of amides is 1. The molecule has 0 saturated carbocycles. The maximum atomic E-state index is 13.1. The Labute approximate surface area is 198 Å². The van der Waals surface area contributed by atoms with Gasteiger partial charge in [-0.05, 0) is 71.7 Å². The van der Waals surface area contributed by atoms with Crippen LogP contribution in [0.25, 0.3) is 6.08 Å². The SMILES string of the molecule is C=CCOc1c(Br)cc(/C=C2\C(=O)N(c3ccc(Cl)c(C(=O)O)c3)N=C2C)cc1OCC. The number of carbonyl (C=O) groups is 2. The monoisotopic (exact) mass is 518 g/mol. The van der Waals surface area contributed by atoms with Crippen LogP contribution in [0.4, 0.5) is 5.69 Å². The van der Waals surface area contributed by atoms with Gasteiger partial charge in [-0.2, -0.15) is 10.1 Å². The summed E-state index contributed by atoms with van der Waals surface area (Å²) in [5.41, 5.74) is 1.76. The number of hydrogen-bond acceptors (Lipinski definition) is 5. The molecule has 166 valence electrons. The van der Waals surface area contributed by atoms with E-state index in [0.29, 0.717) is 51.7 Å². The summed E-state index contributed by atoms with van der Waals surface area (Å²) in [7, 11) is 0. The third kappa shape index (κ3) is 4.87. The summed E-state index contributed by atoms with van der Waals surface area (Å²) >= 11 is 9.43. The van der Waals surface area contributed by atoms with Crippen LogP contribution in [0.2, 0.25) is 5.02 Å². The average Bonchev–Trinajstić information content (AvgIpc) is 3.02. The second-order valence-corrected chi connectivity index (χ2v) is 7.95. The summed E-state index contributed by atoms with van der Waals surface area (Å²) in [4.78, 5) is 24.5. The van der Waals surface area contributed by atoms with E-state index in [4.69, 9.17) is 21.1 Å². The number of aromatic carboxylic acids is 1. The molecular formula is C23H20BrClN2O5. The van der Waals surface area contributed by atoms with Crippen LogP contribution in [0, 0.1) is 0 Å². The molecule has 3 rings (SSSR count). The summed E-state index contributed by atoms with van der Waals surface area (Å²) in [5.74, 6) is -0.508. The van der Waals surface area contributed by atoms with Gasteiger partial charge in [0.15, 0.2) is 11.5 Å². The van der Waals surface area contributed by atoms with Gasteiger partial charge in [-0.15, -0.1) is 0 Å². The second kappa shape index (κ2) is 10.0. The Morgan fingerprint density at radius 2 is 2.06 bits per heavy atom. The Balaban J connectivity index is 1.97. The highest BCUT2D eigenvalue weighted by Crippen LogP contribution is 2.38. The Kier molecular flexibility index (Phi) is 7.37. The maximum Gasteiger partial charge on any atom is 0.337 e. The Bertz CT molecular complexity index is 1160. The molecule has 0 fully saturated rings. The zero-order valence-electron chi connectivity index (χ0n) is 17.4. The lowest BCUT2D eigenvalue weighted by atomic mass is 10.1. The van der Waals surface area contributed by atoms with Crippen LogP contribution in [-0.2, 0) is 4.79 Å². The predicted molar refractivity (Wildman–Crippen MR) is 128 cm³/mol. The van der Waals surface area contributed by atoms with E-state index in [1.54, 1.807) is 31.2 Å². The third-order valence-electron chi connectivity index (χ3n) is 4.48. The number of carboxylic acids is 1. The van der Waals surface area contributed by atoms with Crippen molar-refractivity contribution in [2.24, 2.45) is 5.10 Å². The van der Waals surface area contributed by atoms with E-state index >= 15 is 0 Å². The quantitative estimate of drug-likeness (QED) is 0.364. The molecule has 1 N–H and O–H groups in total. The number of halogens is 2. The van der Waals surface area contributed by atoms with Crippen LogP contribution < -0.4 is 14.5 Å². The summed E-state index contributed by atoms with van der Waals surface area (Å²) in [6.07, 6.45) is 3.33. The molecule has 1 heterocycles. The molecule has 7 nitrogen and oxygen atoms in total. The summed E-state index contributed by atoms with van der Waals surface area (Å²) in [6.45, 7) is 7.97. The number of carbonyl (C=O) groups excluding carboxylic acids is 1. The van der Waals surface area contributed by atoms with Crippen LogP contribution in [0.15, 0.2) is 58.1 Å². The maximum absolute atomic E-state index is 13.1. The standard InChI is InChI=1S/C23H20BrClN2O5/c1-4-8-32-21-18(24)10-14(11-20(21)31-5-2)9-16-13(3)26-27(22(16)28)15-6-7-19(25)17(12-15)23(29)30/h4,6-7,9-12H,1,5,8H2,2-3H3,(H,29,30)/b16-9-. The minimum atomic E-state index is -1.19. The molecule has 0 aliphatic carbocycles. The van der Waals surface area contributed by atoms with Gasteiger partial charge >= 0.3 is 5.97 Å². The Hall–Kier alpha value is -3.10. The first-order valence-electron chi connectivity index (χ1n) is 9.61. The van der Waals surface area contributed by atoms with Crippen LogP contribution in [-0.4, -0.2) is 35.9 Å². The van der Waals surface area contributed by atoms with Crippen molar-refractivity contribution < 1.29 is 24.2 Å². The number of carboxylic acid groups (broad SMARTS) is 1. The fourth-order valence-corrected chi connectivity index (χ4v) is 3.82. The molecule has 2 aromatic rings. The van der Waals surface area contributed by atoms with E-state index < -0.39 is 5.97 Å². The molecule has 0 aromatic heterocycles. The van der Waals surface area contributed by atoms with Crippen LogP contribution in [0.3, 0.4) is 0 Å². The van der Waals surface area contributed by atoms with Gasteiger partial charge in [-0.1, -0.05) is 24.3 Å². The van der Waals surface area contributed by atoms with E-state index in [1.165, 1.54) is 12.1 Å². The van der Waals surface area contributed by atoms with Gasteiger partial charge < -0.3 is 14.6 Å². The van der Waals surface area contributed by atoms with Gasteiger partial charge in [0.1, 0.15) is 6.61 Å². The molecular weight excluding hydrogens is 500 g/mol. The van der Waals surface area contributed by atoms with Crippen molar-refractivity contribution in [3.63, 3.8) is 0 Å². The van der Waals surface area contributed by atoms with E-state index in [0.717, 1.165) is 5.01 Å². The summed E-state index contributed by atoms with van der Waals surface area (Å²) in [6, 6.07) is 7.86. The molecule has 0 atom stereocenters.